The summed E-state index contributed by atoms with van der Waals surface area (Å²) in [5, 5.41) is 11.2. The third-order valence-electron chi connectivity index (χ3n) is 3.09. The summed E-state index contributed by atoms with van der Waals surface area (Å²) in [6.45, 7) is 2.02. The normalized spacial score (nSPS) is 10.5. The maximum absolute atomic E-state index is 11.9. The lowest BCUT2D eigenvalue weighted by Crippen LogP contribution is -2.13. The first-order chi connectivity index (χ1) is 11.2. The van der Waals surface area contributed by atoms with E-state index in [1.54, 1.807) is 0 Å². The number of aryl methyl sites for hydroxylation is 1. The number of carbonyl (C=O) groups excluding carboxylic acids is 1. The fraction of sp³-hybridized carbons (Fsp3) is 0.118. The second kappa shape index (κ2) is 7.11. The molecule has 3 rings (SSSR count). The predicted molar refractivity (Wildman–Crippen MR) is 90.3 cm³/mol. The molecule has 0 spiro atoms. The van der Waals surface area contributed by atoms with Gasteiger partial charge in [-0.05, 0) is 31.2 Å². The van der Waals surface area contributed by atoms with E-state index in [1.807, 2.05) is 61.5 Å². The molecule has 0 aliphatic rings. The molecule has 116 valence electrons. The Morgan fingerprint density at radius 1 is 1.09 bits per heavy atom. The van der Waals surface area contributed by atoms with Gasteiger partial charge in [-0.15, -0.1) is 10.2 Å². The molecule has 1 amide bonds. The minimum absolute atomic E-state index is 0.115. The fourth-order valence-electron chi connectivity index (χ4n) is 1.93. The molecule has 6 heteroatoms. The molecule has 0 bridgehead atoms. The molecule has 1 N–H and O–H groups in total. The summed E-state index contributed by atoms with van der Waals surface area (Å²) in [5.41, 5.74) is 2.80. The lowest BCUT2D eigenvalue weighted by Gasteiger charge is -2.02. The van der Waals surface area contributed by atoms with Gasteiger partial charge in [0.2, 0.25) is 11.8 Å². The lowest BCUT2D eigenvalue weighted by atomic mass is 10.1. The second-order valence-corrected chi connectivity index (χ2v) is 5.87. The Morgan fingerprint density at radius 3 is 2.57 bits per heavy atom. The minimum Gasteiger partial charge on any atom is -0.411 e. The fourth-order valence-corrected chi connectivity index (χ4v) is 2.49. The third kappa shape index (κ3) is 4.20. The number of nitrogens with one attached hydrogen (secondary N) is 1. The molecule has 0 saturated carbocycles. The van der Waals surface area contributed by atoms with E-state index in [2.05, 4.69) is 15.5 Å². The van der Waals surface area contributed by atoms with E-state index in [9.17, 15) is 4.79 Å². The van der Waals surface area contributed by atoms with E-state index < -0.39 is 0 Å². The molecule has 23 heavy (non-hydrogen) atoms. The Hall–Kier alpha value is -2.60. The van der Waals surface area contributed by atoms with Crippen LogP contribution in [0, 0.1) is 6.92 Å². The molecule has 0 aliphatic carbocycles. The van der Waals surface area contributed by atoms with Crippen LogP contribution in [0.15, 0.2) is 64.2 Å². The number of amides is 1. The third-order valence-corrected chi connectivity index (χ3v) is 3.91. The van der Waals surface area contributed by atoms with Crippen LogP contribution in [0.2, 0.25) is 0 Å². The highest BCUT2D eigenvalue weighted by atomic mass is 32.2. The summed E-state index contributed by atoms with van der Waals surface area (Å²) in [6.07, 6.45) is 0. The van der Waals surface area contributed by atoms with Gasteiger partial charge in [-0.2, -0.15) is 0 Å². The monoisotopic (exact) mass is 325 g/mol. The Kier molecular flexibility index (Phi) is 4.73. The van der Waals surface area contributed by atoms with Crippen molar-refractivity contribution in [3.63, 3.8) is 0 Å². The van der Waals surface area contributed by atoms with Gasteiger partial charge in [-0.1, -0.05) is 47.7 Å². The number of nitrogens with zero attached hydrogens (tertiary/aromatic N) is 2. The smallest absolute Gasteiger partial charge is 0.277 e. The number of carbonyl (C=O) groups is 1. The largest absolute Gasteiger partial charge is 0.411 e. The van der Waals surface area contributed by atoms with Crippen molar-refractivity contribution < 1.29 is 9.21 Å². The van der Waals surface area contributed by atoms with Gasteiger partial charge in [0, 0.05) is 11.3 Å². The van der Waals surface area contributed by atoms with Crippen LogP contribution in [0.25, 0.3) is 11.5 Å². The van der Waals surface area contributed by atoms with E-state index in [4.69, 9.17) is 4.42 Å². The highest BCUT2D eigenvalue weighted by molar-refractivity contribution is 7.99. The average Bonchev–Trinajstić information content (AvgIpc) is 3.04. The second-order valence-electron chi connectivity index (χ2n) is 4.94. The van der Waals surface area contributed by atoms with Gasteiger partial charge in [0.05, 0.1) is 5.75 Å². The molecular weight excluding hydrogens is 310 g/mol. The SMILES string of the molecule is Cc1ccc(-c2nnc(SCC(=O)Nc3ccccc3)o2)cc1. The highest BCUT2D eigenvalue weighted by Gasteiger charge is 2.11. The van der Waals surface area contributed by atoms with Crippen LogP contribution in [-0.4, -0.2) is 21.9 Å². The molecule has 0 unspecified atom stereocenters. The quantitative estimate of drug-likeness (QED) is 0.723. The summed E-state index contributed by atoms with van der Waals surface area (Å²) in [5.74, 6) is 0.553. The highest BCUT2D eigenvalue weighted by Crippen LogP contribution is 2.23. The number of thioether (sulfide) groups is 1. The first-order valence-electron chi connectivity index (χ1n) is 7.09. The number of hydrogen-bond donors (Lipinski definition) is 1. The number of anilines is 1. The van der Waals surface area contributed by atoms with Crippen molar-refractivity contribution in [1.29, 1.82) is 0 Å². The Labute approximate surface area is 138 Å². The van der Waals surface area contributed by atoms with Crippen LogP contribution in [-0.2, 0) is 4.79 Å². The minimum atomic E-state index is -0.115. The van der Waals surface area contributed by atoms with Crippen molar-refractivity contribution in [3.8, 4) is 11.5 Å². The van der Waals surface area contributed by atoms with Crippen molar-refractivity contribution in [2.45, 2.75) is 12.1 Å². The first-order valence-corrected chi connectivity index (χ1v) is 8.07. The van der Waals surface area contributed by atoms with E-state index >= 15 is 0 Å². The molecule has 0 fully saturated rings. The van der Waals surface area contributed by atoms with E-state index in [1.165, 1.54) is 17.3 Å². The van der Waals surface area contributed by atoms with Crippen LogP contribution in [0.4, 0.5) is 5.69 Å². The molecule has 0 aliphatic heterocycles. The summed E-state index contributed by atoms with van der Waals surface area (Å²) < 4.78 is 5.57. The van der Waals surface area contributed by atoms with Gasteiger partial charge in [-0.3, -0.25) is 4.79 Å². The summed E-state index contributed by atoms with van der Waals surface area (Å²) in [4.78, 5) is 11.9. The van der Waals surface area contributed by atoms with Crippen LogP contribution in [0.3, 0.4) is 0 Å². The van der Waals surface area contributed by atoms with Crippen LogP contribution < -0.4 is 5.32 Å². The lowest BCUT2D eigenvalue weighted by molar-refractivity contribution is -0.113. The maximum atomic E-state index is 11.9. The van der Waals surface area contributed by atoms with E-state index in [-0.39, 0.29) is 11.7 Å². The molecule has 0 saturated heterocycles. The standard InChI is InChI=1S/C17H15N3O2S/c1-12-7-9-13(10-8-12)16-19-20-17(22-16)23-11-15(21)18-14-5-3-2-4-6-14/h2-10H,11H2,1H3,(H,18,21). The molecular formula is C17H15N3O2S. The molecule has 1 heterocycles. The van der Waals surface area contributed by atoms with Gasteiger partial charge in [0.1, 0.15) is 0 Å². The van der Waals surface area contributed by atoms with Crippen molar-refractivity contribution in [2.24, 2.45) is 0 Å². The van der Waals surface area contributed by atoms with Crippen molar-refractivity contribution in [1.82, 2.24) is 10.2 Å². The number of rotatable bonds is 5. The predicted octanol–water partition coefficient (Wildman–Crippen LogP) is 3.78. The zero-order chi connectivity index (χ0) is 16.1. The van der Waals surface area contributed by atoms with Crippen molar-refractivity contribution in [3.05, 3.63) is 60.2 Å². The Bertz CT molecular complexity index is 785. The van der Waals surface area contributed by atoms with E-state index in [0.717, 1.165) is 11.3 Å². The van der Waals surface area contributed by atoms with Gasteiger partial charge >= 0.3 is 0 Å². The van der Waals surface area contributed by atoms with Gasteiger partial charge in [0.25, 0.3) is 5.22 Å². The molecule has 5 nitrogen and oxygen atoms in total. The van der Waals surface area contributed by atoms with Crippen LogP contribution >= 0.6 is 11.8 Å². The molecule has 3 aromatic rings. The Balaban J connectivity index is 1.57. The topological polar surface area (TPSA) is 68.0 Å². The molecule has 0 radical (unpaired) electrons. The van der Waals surface area contributed by atoms with Crippen molar-refractivity contribution >= 4 is 23.4 Å². The van der Waals surface area contributed by atoms with Crippen molar-refractivity contribution in [2.75, 3.05) is 11.1 Å². The zero-order valence-corrected chi connectivity index (χ0v) is 13.3. The average molecular weight is 325 g/mol. The number of hydrogen-bond acceptors (Lipinski definition) is 5. The zero-order valence-electron chi connectivity index (χ0n) is 12.5. The summed E-state index contributed by atoms with van der Waals surface area (Å²) >= 11 is 1.21. The van der Waals surface area contributed by atoms with Gasteiger partial charge in [-0.25, -0.2) is 0 Å². The summed E-state index contributed by atoms with van der Waals surface area (Å²) in [7, 11) is 0. The van der Waals surface area contributed by atoms with Gasteiger partial charge < -0.3 is 9.73 Å². The molecule has 0 atom stereocenters. The number of benzene rings is 2. The molecule has 2 aromatic carbocycles. The Morgan fingerprint density at radius 2 is 1.83 bits per heavy atom. The first kappa shape index (κ1) is 15.3. The summed E-state index contributed by atoms with van der Waals surface area (Å²) in [6, 6.07) is 17.1. The van der Waals surface area contributed by atoms with Crippen LogP contribution in [0.1, 0.15) is 5.56 Å². The van der Waals surface area contributed by atoms with Gasteiger partial charge in [0.15, 0.2) is 0 Å². The number of para-hydroxylation sites is 1. The number of aromatic nitrogens is 2. The molecule has 1 aromatic heterocycles. The van der Waals surface area contributed by atoms with E-state index in [0.29, 0.717) is 11.1 Å². The van der Waals surface area contributed by atoms with Crippen LogP contribution in [0.5, 0.6) is 0 Å². The maximum Gasteiger partial charge on any atom is 0.277 e.